The Labute approximate surface area is 89.6 Å². The summed E-state index contributed by atoms with van der Waals surface area (Å²) in [6, 6.07) is 8.50. The van der Waals surface area contributed by atoms with Crippen molar-refractivity contribution >= 4 is 24.7 Å². The van der Waals surface area contributed by atoms with Crippen molar-refractivity contribution in [1.29, 1.82) is 0 Å². The molecule has 1 aliphatic heterocycles. The van der Waals surface area contributed by atoms with Gasteiger partial charge in [-0.1, -0.05) is 12.1 Å². The SMILES string of the molecule is CN1CSc2ccccc21.F[B-](F)(F)F. The van der Waals surface area contributed by atoms with Gasteiger partial charge in [-0.3, -0.25) is 0 Å². The second kappa shape index (κ2) is 4.78. The van der Waals surface area contributed by atoms with Crippen LogP contribution in [0.1, 0.15) is 0 Å². The lowest BCUT2D eigenvalue weighted by atomic mass is 10.3. The van der Waals surface area contributed by atoms with Crippen LogP contribution in [0.3, 0.4) is 0 Å². The number of anilines is 1. The van der Waals surface area contributed by atoms with Crippen LogP contribution in [-0.4, -0.2) is 20.2 Å². The Morgan fingerprint density at radius 3 is 2.27 bits per heavy atom. The van der Waals surface area contributed by atoms with Gasteiger partial charge in [0.25, 0.3) is 0 Å². The highest BCUT2D eigenvalue weighted by atomic mass is 32.2. The van der Waals surface area contributed by atoms with Gasteiger partial charge in [-0.2, -0.15) is 0 Å². The van der Waals surface area contributed by atoms with E-state index in [1.165, 1.54) is 10.6 Å². The minimum atomic E-state index is -6.00. The number of thioether (sulfide) groups is 1. The van der Waals surface area contributed by atoms with E-state index < -0.39 is 7.25 Å². The summed E-state index contributed by atoms with van der Waals surface area (Å²) >= 11 is 1.90. The van der Waals surface area contributed by atoms with E-state index >= 15 is 0 Å². The van der Waals surface area contributed by atoms with Gasteiger partial charge in [0.05, 0.1) is 11.6 Å². The maximum absolute atomic E-state index is 9.75. The van der Waals surface area contributed by atoms with Gasteiger partial charge in [0.2, 0.25) is 0 Å². The average molecular weight is 238 g/mol. The zero-order valence-corrected chi connectivity index (χ0v) is 8.78. The molecule has 0 aromatic heterocycles. The van der Waals surface area contributed by atoms with Gasteiger partial charge in [0.1, 0.15) is 0 Å². The maximum Gasteiger partial charge on any atom is 0.673 e. The molecule has 0 radical (unpaired) electrons. The number of rotatable bonds is 0. The lowest BCUT2D eigenvalue weighted by Gasteiger charge is -2.08. The van der Waals surface area contributed by atoms with Gasteiger partial charge in [-0.25, -0.2) is 0 Å². The average Bonchev–Trinajstić information content (AvgIpc) is 2.46. The van der Waals surface area contributed by atoms with Crippen LogP contribution in [-0.2, 0) is 0 Å². The van der Waals surface area contributed by atoms with Gasteiger partial charge in [-0.05, 0) is 12.1 Å². The molecule has 7 heteroatoms. The van der Waals surface area contributed by atoms with Crippen molar-refractivity contribution in [1.82, 2.24) is 0 Å². The number of nitrogens with zero attached hydrogens (tertiary/aromatic N) is 1. The van der Waals surface area contributed by atoms with Crippen LogP contribution in [0, 0.1) is 0 Å². The number of hydrogen-bond acceptors (Lipinski definition) is 2. The number of benzene rings is 1. The molecule has 0 atom stereocenters. The molecule has 1 aromatic rings. The summed E-state index contributed by atoms with van der Waals surface area (Å²) in [6.45, 7) is 0. The molecule has 0 saturated carbocycles. The zero-order chi connectivity index (χ0) is 11.5. The molecule has 1 aliphatic rings. The zero-order valence-electron chi connectivity index (χ0n) is 7.96. The molecule has 1 nitrogen and oxygen atoms in total. The Balaban J connectivity index is 0.000000195. The van der Waals surface area contributed by atoms with Gasteiger partial charge in [0.15, 0.2) is 0 Å². The number of halogens is 4. The molecule has 0 saturated heterocycles. The van der Waals surface area contributed by atoms with Gasteiger partial charge in [0, 0.05) is 11.9 Å². The summed E-state index contributed by atoms with van der Waals surface area (Å²) in [5.41, 5.74) is 1.37. The summed E-state index contributed by atoms with van der Waals surface area (Å²) in [4.78, 5) is 3.67. The molecule has 0 fully saturated rings. The predicted octanol–water partition coefficient (Wildman–Crippen LogP) is 3.49. The third kappa shape index (κ3) is 4.46. The first-order valence-corrected chi connectivity index (χ1v) is 5.17. The van der Waals surface area contributed by atoms with Crippen LogP contribution >= 0.6 is 11.8 Å². The number of hydrogen-bond donors (Lipinski definition) is 0. The molecule has 15 heavy (non-hydrogen) atoms. The van der Waals surface area contributed by atoms with E-state index in [0.717, 1.165) is 5.88 Å². The first kappa shape index (κ1) is 12.2. The summed E-state index contributed by atoms with van der Waals surface area (Å²) in [7, 11) is -3.88. The molecular weight excluding hydrogens is 229 g/mol. The smallest absolute Gasteiger partial charge is 0.418 e. The van der Waals surface area contributed by atoms with E-state index in [2.05, 4.69) is 36.2 Å². The summed E-state index contributed by atoms with van der Waals surface area (Å²) in [5, 5.41) is 0. The van der Waals surface area contributed by atoms with Crippen LogP contribution in [0.2, 0.25) is 0 Å². The van der Waals surface area contributed by atoms with Crippen LogP contribution in [0.4, 0.5) is 23.0 Å². The monoisotopic (exact) mass is 238 g/mol. The van der Waals surface area contributed by atoms with Crippen molar-refractivity contribution in [3.05, 3.63) is 24.3 Å². The highest BCUT2D eigenvalue weighted by molar-refractivity contribution is 7.99. The first-order chi connectivity index (χ1) is 6.88. The van der Waals surface area contributed by atoms with Gasteiger partial charge >= 0.3 is 7.25 Å². The molecule has 84 valence electrons. The molecule has 0 bridgehead atoms. The van der Waals surface area contributed by atoms with Crippen LogP contribution in [0.15, 0.2) is 29.2 Å². The molecule has 0 N–H and O–H groups in total. The lowest BCUT2D eigenvalue weighted by Crippen LogP contribution is -2.10. The molecule has 0 aliphatic carbocycles. The molecule has 0 amide bonds. The normalized spacial score (nSPS) is 14.3. The first-order valence-electron chi connectivity index (χ1n) is 4.18. The summed E-state index contributed by atoms with van der Waals surface area (Å²) < 4.78 is 39.0. The molecular formula is C8H9BF4NS-. The second-order valence-electron chi connectivity index (χ2n) is 2.93. The largest absolute Gasteiger partial charge is 0.673 e. The Bertz CT molecular complexity index is 325. The minimum Gasteiger partial charge on any atom is -0.418 e. The van der Waals surface area contributed by atoms with Crippen molar-refractivity contribution < 1.29 is 17.3 Å². The van der Waals surface area contributed by atoms with E-state index in [0.29, 0.717) is 0 Å². The summed E-state index contributed by atoms with van der Waals surface area (Å²) in [6.07, 6.45) is 0. The number of fused-ring (bicyclic) bond motifs is 1. The fourth-order valence-corrected chi connectivity index (χ4v) is 2.15. The maximum atomic E-state index is 9.75. The van der Waals surface area contributed by atoms with Crippen LogP contribution in [0.5, 0.6) is 0 Å². The van der Waals surface area contributed by atoms with Crippen molar-refractivity contribution in [3.63, 3.8) is 0 Å². The third-order valence-electron chi connectivity index (χ3n) is 1.69. The topological polar surface area (TPSA) is 3.24 Å². The fraction of sp³-hybridized carbons (Fsp3) is 0.250. The standard InChI is InChI=1S/C8H9NS.BF4/c1-9-6-10-8-5-3-2-4-7(8)9;2-1(3,4)5/h2-5H,6H2,1H3;/q;-1. The molecule has 0 spiro atoms. The number of para-hydroxylation sites is 1. The van der Waals surface area contributed by atoms with Gasteiger partial charge in [-0.15, -0.1) is 11.8 Å². The van der Waals surface area contributed by atoms with Crippen molar-refractivity contribution in [2.45, 2.75) is 4.90 Å². The van der Waals surface area contributed by atoms with Crippen LogP contribution in [0.25, 0.3) is 0 Å². The minimum absolute atomic E-state index is 1.10. The second-order valence-corrected chi connectivity index (χ2v) is 3.92. The highest BCUT2D eigenvalue weighted by Gasteiger charge is 2.20. The van der Waals surface area contributed by atoms with Crippen molar-refractivity contribution in [2.75, 3.05) is 17.8 Å². The molecule has 1 heterocycles. The Morgan fingerprint density at radius 1 is 1.20 bits per heavy atom. The van der Waals surface area contributed by atoms with Crippen LogP contribution < -0.4 is 4.90 Å². The van der Waals surface area contributed by atoms with E-state index in [9.17, 15) is 17.3 Å². The Hall–Kier alpha value is -0.845. The predicted molar refractivity (Wildman–Crippen MR) is 55.8 cm³/mol. The van der Waals surface area contributed by atoms with E-state index in [-0.39, 0.29) is 0 Å². The van der Waals surface area contributed by atoms with E-state index in [1.807, 2.05) is 11.8 Å². The van der Waals surface area contributed by atoms with E-state index in [4.69, 9.17) is 0 Å². The Morgan fingerprint density at radius 2 is 1.73 bits per heavy atom. The van der Waals surface area contributed by atoms with Gasteiger partial charge < -0.3 is 22.2 Å². The molecule has 0 unspecified atom stereocenters. The van der Waals surface area contributed by atoms with Crippen molar-refractivity contribution in [3.8, 4) is 0 Å². The third-order valence-corrected chi connectivity index (χ3v) is 2.86. The molecule has 2 rings (SSSR count). The molecule has 1 aromatic carbocycles. The van der Waals surface area contributed by atoms with E-state index in [1.54, 1.807) is 0 Å². The summed E-state index contributed by atoms with van der Waals surface area (Å²) in [5.74, 6) is 1.10. The van der Waals surface area contributed by atoms with Crippen molar-refractivity contribution in [2.24, 2.45) is 0 Å². The lowest BCUT2D eigenvalue weighted by molar-refractivity contribution is 0.368. The Kier molecular flexibility index (Phi) is 3.90. The quantitative estimate of drug-likeness (QED) is 0.502. The highest BCUT2D eigenvalue weighted by Crippen LogP contribution is 2.36. The fourth-order valence-electron chi connectivity index (χ4n) is 1.13.